The van der Waals surface area contributed by atoms with Crippen molar-refractivity contribution in [2.24, 2.45) is 5.73 Å². The smallest absolute Gasteiger partial charge is 0.0211 e. The van der Waals surface area contributed by atoms with E-state index in [0.717, 1.165) is 10.9 Å². The molecule has 0 spiro atoms. The van der Waals surface area contributed by atoms with E-state index >= 15 is 0 Å². The van der Waals surface area contributed by atoms with Gasteiger partial charge in [0.2, 0.25) is 0 Å². The first kappa shape index (κ1) is 10.7. The minimum absolute atomic E-state index is 0.334. The number of nitrogens with two attached hydrogens (primary N) is 1. The molecule has 3 heteroatoms. The van der Waals surface area contributed by atoms with Gasteiger partial charge in [0.05, 0.1) is 0 Å². The van der Waals surface area contributed by atoms with Crippen molar-refractivity contribution in [2.75, 3.05) is 0 Å². The average molecular weight is 319 g/mol. The molecule has 1 aliphatic rings. The summed E-state index contributed by atoms with van der Waals surface area (Å²) in [5.74, 6) is 0.530. The van der Waals surface area contributed by atoms with Crippen LogP contribution in [0.15, 0.2) is 27.1 Å². The zero-order valence-electron chi connectivity index (χ0n) is 7.84. The van der Waals surface area contributed by atoms with Crippen LogP contribution in [0.5, 0.6) is 0 Å². The van der Waals surface area contributed by atoms with Gasteiger partial charge in [-0.05, 0) is 36.6 Å². The van der Waals surface area contributed by atoms with Crippen molar-refractivity contribution in [2.45, 2.75) is 31.2 Å². The van der Waals surface area contributed by atoms with Gasteiger partial charge in [-0.3, -0.25) is 0 Å². The van der Waals surface area contributed by atoms with Crippen LogP contribution < -0.4 is 5.73 Å². The summed E-state index contributed by atoms with van der Waals surface area (Å²) in [5.41, 5.74) is 7.45. The summed E-state index contributed by atoms with van der Waals surface area (Å²) < 4.78 is 2.32. The predicted octanol–water partition coefficient (Wildman–Crippen LogP) is 3.81. The Bertz CT molecular complexity index is 338. The molecular weight excluding hydrogens is 306 g/mol. The summed E-state index contributed by atoms with van der Waals surface area (Å²) in [6.45, 7) is 0. The van der Waals surface area contributed by atoms with Crippen molar-refractivity contribution in [3.05, 3.63) is 32.7 Å². The van der Waals surface area contributed by atoms with Crippen LogP contribution in [0.1, 0.15) is 30.7 Å². The molecule has 14 heavy (non-hydrogen) atoms. The molecule has 0 bridgehead atoms. The molecule has 0 aliphatic heterocycles. The third-order valence-corrected chi connectivity index (χ3v) is 4.14. The van der Waals surface area contributed by atoms with Gasteiger partial charge in [-0.25, -0.2) is 0 Å². The quantitative estimate of drug-likeness (QED) is 0.837. The molecular formula is C11H13Br2N. The fourth-order valence-corrected chi connectivity index (χ4v) is 3.09. The highest BCUT2D eigenvalue weighted by Gasteiger charge is 2.26. The van der Waals surface area contributed by atoms with E-state index in [1.54, 1.807) is 0 Å². The van der Waals surface area contributed by atoms with E-state index in [4.69, 9.17) is 5.73 Å². The van der Waals surface area contributed by atoms with E-state index in [2.05, 4.69) is 44.0 Å². The third-order valence-electron chi connectivity index (χ3n) is 2.93. The highest BCUT2D eigenvalue weighted by Crippen LogP contribution is 2.38. The van der Waals surface area contributed by atoms with Crippen molar-refractivity contribution in [3.8, 4) is 0 Å². The van der Waals surface area contributed by atoms with Gasteiger partial charge in [0.1, 0.15) is 0 Å². The van der Waals surface area contributed by atoms with Crippen molar-refractivity contribution in [1.82, 2.24) is 0 Å². The van der Waals surface area contributed by atoms with E-state index in [0.29, 0.717) is 12.0 Å². The van der Waals surface area contributed by atoms with Gasteiger partial charge < -0.3 is 5.73 Å². The molecule has 1 aliphatic carbocycles. The van der Waals surface area contributed by atoms with E-state index in [9.17, 15) is 0 Å². The SMILES string of the molecule is NC1CCCC1c1cc(Br)ccc1Br. The van der Waals surface area contributed by atoms with Crippen molar-refractivity contribution in [3.63, 3.8) is 0 Å². The van der Waals surface area contributed by atoms with Crippen molar-refractivity contribution < 1.29 is 0 Å². The molecule has 0 heterocycles. The van der Waals surface area contributed by atoms with Crippen molar-refractivity contribution in [1.29, 1.82) is 0 Å². The molecule has 0 radical (unpaired) electrons. The molecule has 1 saturated carbocycles. The summed E-state index contributed by atoms with van der Waals surface area (Å²) in [6, 6.07) is 6.65. The Balaban J connectivity index is 2.34. The van der Waals surface area contributed by atoms with Crippen LogP contribution in [-0.4, -0.2) is 6.04 Å². The molecule has 2 N–H and O–H groups in total. The Morgan fingerprint density at radius 1 is 1.21 bits per heavy atom. The maximum absolute atomic E-state index is 6.09. The second-order valence-corrected chi connectivity index (χ2v) is 5.64. The first-order valence-electron chi connectivity index (χ1n) is 4.89. The van der Waals surface area contributed by atoms with Gasteiger partial charge >= 0.3 is 0 Å². The van der Waals surface area contributed by atoms with E-state index < -0.39 is 0 Å². The minimum atomic E-state index is 0.334. The Morgan fingerprint density at radius 2 is 2.00 bits per heavy atom. The first-order valence-corrected chi connectivity index (χ1v) is 6.47. The maximum atomic E-state index is 6.09. The van der Waals surface area contributed by atoms with E-state index in [1.807, 2.05) is 6.07 Å². The topological polar surface area (TPSA) is 26.0 Å². The second-order valence-electron chi connectivity index (χ2n) is 3.87. The van der Waals surface area contributed by atoms with E-state index in [-0.39, 0.29) is 0 Å². The lowest BCUT2D eigenvalue weighted by Gasteiger charge is -2.17. The molecule has 76 valence electrons. The number of rotatable bonds is 1. The normalized spacial score (nSPS) is 26.8. The summed E-state index contributed by atoms with van der Waals surface area (Å²) >= 11 is 7.09. The van der Waals surface area contributed by atoms with Crippen molar-refractivity contribution >= 4 is 31.9 Å². The second kappa shape index (κ2) is 4.33. The predicted molar refractivity (Wildman–Crippen MR) is 66.4 cm³/mol. The lowest BCUT2D eigenvalue weighted by molar-refractivity contribution is 0.611. The summed E-state index contributed by atoms with van der Waals surface area (Å²) in [7, 11) is 0. The minimum Gasteiger partial charge on any atom is -0.327 e. The fourth-order valence-electron chi connectivity index (χ4n) is 2.17. The lowest BCUT2D eigenvalue weighted by Crippen LogP contribution is -2.22. The molecule has 1 fully saturated rings. The zero-order valence-corrected chi connectivity index (χ0v) is 11.0. The molecule has 1 aromatic rings. The first-order chi connectivity index (χ1) is 6.68. The monoisotopic (exact) mass is 317 g/mol. The number of hydrogen-bond donors (Lipinski definition) is 1. The van der Waals surface area contributed by atoms with Gasteiger partial charge in [0, 0.05) is 20.9 Å². The summed E-state index contributed by atoms with van der Waals surface area (Å²) in [6.07, 6.45) is 3.63. The van der Waals surface area contributed by atoms with Gasteiger partial charge in [0.15, 0.2) is 0 Å². The van der Waals surface area contributed by atoms with Crippen LogP contribution in [0.3, 0.4) is 0 Å². The largest absolute Gasteiger partial charge is 0.327 e. The van der Waals surface area contributed by atoms with Crippen LogP contribution in [0.2, 0.25) is 0 Å². The maximum Gasteiger partial charge on any atom is 0.0211 e. The molecule has 2 atom stereocenters. The standard InChI is InChI=1S/C11H13Br2N/c12-7-4-5-10(13)9(6-7)8-2-1-3-11(8)14/h4-6,8,11H,1-3,14H2. The molecule has 0 aromatic heterocycles. The van der Waals surface area contributed by atoms with Crippen LogP contribution in [0.4, 0.5) is 0 Å². The Hall–Kier alpha value is 0.140. The molecule has 2 unspecified atom stereocenters. The van der Waals surface area contributed by atoms with Crippen LogP contribution in [0.25, 0.3) is 0 Å². The zero-order chi connectivity index (χ0) is 10.1. The molecule has 0 saturated heterocycles. The third kappa shape index (κ3) is 2.05. The molecule has 0 amide bonds. The summed E-state index contributed by atoms with van der Waals surface area (Å²) in [5, 5.41) is 0. The number of halogens is 2. The Morgan fingerprint density at radius 3 is 2.64 bits per heavy atom. The number of benzene rings is 1. The Labute approximate surface area is 101 Å². The van der Waals surface area contributed by atoms with Crippen LogP contribution in [0, 0.1) is 0 Å². The Kier molecular flexibility index (Phi) is 3.30. The fraction of sp³-hybridized carbons (Fsp3) is 0.455. The summed E-state index contributed by atoms with van der Waals surface area (Å²) in [4.78, 5) is 0. The van der Waals surface area contributed by atoms with Gasteiger partial charge in [-0.1, -0.05) is 38.3 Å². The van der Waals surface area contributed by atoms with Gasteiger partial charge in [-0.15, -0.1) is 0 Å². The lowest BCUT2D eigenvalue weighted by atomic mass is 9.95. The highest BCUT2D eigenvalue weighted by molar-refractivity contribution is 9.11. The molecule has 1 aromatic carbocycles. The molecule has 1 nitrogen and oxygen atoms in total. The molecule has 2 rings (SSSR count). The highest BCUT2D eigenvalue weighted by atomic mass is 79.9. The average Bonchev–Trinajstić information content (AvgIpc) is 2.56. The van der Waals surface area contributed by atoms with Crippen LogP contribution >= 0.6 is 31.9 Å². The van der Waals surface area contributed by atoms with E-state index in [1.165, 1.54) is 22.9 Å². The van der Waals surface area contributed by atoms with Gasteiger partial charge in [-0.2, -0.15) is 0 Å². The number of hydrogen-bond acceptors (Lipinski definition) is 1. The van der Waals surface area contributed by atoms with Crippen LogP contribution in [-0.2, 0) is 0 Å². The van der Waals surface area contributed by atoms with Gasteiger partial charge in [0.25, 0.3) is 0 Å².